The van der Waals surface area contributed by atoms with Gasteiger partial charge in [0.1, 0.15) is 0 Å². The number of aryl methyl sites for hydroxylation is 2. The SMILES string of the molecule is Cc1ccc2c(c1)B1c3cc(C)ccc3N(c3ccc(C(C)(C)C)cc3-c3ccc4ccc5cccc6ccc3c4c56)c3cccc(c31)N2c1ccc(C(C)(C)C)cc1. The highest BCUT2D eigenvalue weighted by molar-refractivity contribution is 7.00. The van der Waals surface area contributed by atoms with Gasteiger partial charge in [-0.05, 0) is 139 Å². The zero-order chi connectivity index (χ0) is 40.5. The Morgan fingerprint density at radius 3 is 1.58 bits per heavy atom. The van der Waals surface area contributed by atoms with Crippen molar-refractivity contribution in [3.8, 4) is 11.1 Å². The first-order chi connectivity index (χ1) is 28.3. The quantitative estimate of drug-likeness (QED) is 0.131. The summed E-state index contributed by atoms with van der Waals surface area (Å²) in [7, 11) is 0. The van der Waals surface area contributed by atoms with Gasteiger partial charge in [-0.2, -0.15) is 0 Å². The molecule has 0 atom stereocenters. The van der Waals surface area contributed by atoms with Crippen LogP contribution < -0.4 is 26.2 Å². The summed E-state index contributed by atoms with van der Waals surface area (Å²) >= 11 is 0. The summed E-state index contributed by atoms with van der Waals surface area (Å²) < 4.78 is 0. The number of nitrogens with zero attached hydrogens (tertiary/aromatic N) is 2. The maximum Gasteiger partial charge on any atom is 0.252 e. The maximum atomic E-state index is 2.59. The minimum atomic E-state index is -0.0321. The number of hydrogen-bond acceptors (Lipinski definition) is 2. The highest BCUT2D eigenvalue weighted by atomic mass is 15.2. The Kier molecular flexibility index (Phi) is 7.64. The van der Waals surface area contributed by atoms with Crippen molar-refractivity contribution in [1.29, 1.82) is 0 Å². The first-order valence-electron chi connectivity index (χ1n) is 21.2. The van der Waals surface area contributed by atoms with Gasteiger partial charge in [0.25, 0.3) is 6.71 Å². The lowest BCUT2D eigenvalue weighted by Crippen LogP contribution is -2.61. The third-order valence-corrected chi connectivity index (χ3v) is 13.2. The lowest BCUT2D eigenvalue weighted by Gasteiger charge is -2.44. The Balaban J connectivity index is 1.21. The second kappa shape index (κ2) is 12.6. The van der Waals surface area contributed by atoms with Crippen LogP contribution >= 0.6 is 0 Å². The first-order valence-corrected chi connectivity index (χ1v) is 21.2. The van der Waals surface area contributed by atoms with E-state index in [0.717, 1.165) is 0 Å². The molecule has 59 heavy (non-hydrogen) atoms. The van der Waals surface area contributed by atoms with Gasteiger partial charge in [0.2, 0.25) is 0 Å². The van der Waals surface area contributed by atoms with E-state index in [1.54, 1.807) is 0 Å². The van der Waals surface area contributed by atoms with Crippen LogP contribution in [0.3, 0.4) is 0 Å². The second-order valence-corrected chi connectivity index (χ2v) is 19.2. The van der Waals surface area contributed by atoms with Crippen LogP contribution in [0, 0.1) is 13.8 Å². The smallest absolute Gasteiger partial charge is 0.252 e. The van der Waals surface area contributed by atoms with Gasteiger partial charge in [0, 0.05) is 34.0 Å². The van der Waals surface area contributed by atoms with E-state index in [9.17, 15) is 0 Å². The largest absolute Gasteiger partial charge is 0.311 e. The van der Waals surface area contributed by atoms with Crippen LogP contribution in [0.1, 0.15) is 63.8 Å². The molecule has 286 valence electrons. The minimum absolute atomic E-state index is 0.0321. The van der Waals surface area contributed by atoms with Crippen molar-refractivity contribution in [3.63, 3.8) is 0 Å². The molecular formula is C56H49BN2. The molecule has 0 unspecified atom stereocenters. The maximum absolute atomic E-state index is 2.59. The van der Waals surface area contributed by atoms with Crippen LogP contribution in [0.4, 0.5) is 34.1 Å². The molecule has 3 heteroatoms. The van der Waals surface area contributed by atoms with Gasteiger partial charge >= 0.3 is 0 Å². The predicted octanol–water partition coefficient (Wildman–Crippen LogP) is 13.5. The lowest BCUT2D eigenvalue weighted by molar-refractivity contribution is 0.590. The Bertz CT molecular complexity index is 3140. The summed E-state index contributed by atoms with van der Waals surface area (Å²) in [5, 5.41) is 7.85. The Morgan fingerprint density at radius 2 is 0.932 bits per heavy atom. The van der Waals surface area contributed by atoms with Gasteiger partial charge in [-0.3, -0.25) is 0 Å². The van der Waals surface area contributed by atoms with Crippen LogP contribution in [-0.2, 0) is 10.8 Å². The number of fused-ring (bicyclic) bond motifs is 4. The molecule has 0 saturated carbocycles. The minimum Gasteiger partial charge on any atom is -0.311 e. The second-order valence-electron chi connectivity index (χ2n) is 19.2. The molecule has 0 radical (unpaired) electrons. The van der Waals surface area contributed by atoms with Crippen molar-refractivity contribution in [2.75, 3.05) is 9.80 Å². The standard InChI is InChI=1S/C56H49BN2/c1-34-15-28-48-45(31-34)57-46-32-35(2)16-29-49(46)59(51-14-10-13-50(54(51)57)58(48)41-24-21-39(22-25-41)55(3,4)5)47-30-23-40(56(6,7)8)33-44(47)42-26-19-38-18-17-36-11-9-12-37-20-27-43(42)53(38)52(36)37/h9-33H,1-8H3. The van der Waals surface area contributed by atoms with E-state index in [1.165, 1.54) is 116 Å². The molecule has 0 aliphatic carbocycles. The Morgan fingerprint density at radius 1 is 0.407 bits per heavy atom. The normalized spacial score (nSPS) is 13.7. The number of hydrogen-bond donors (Lipinski definition) is 0. The fourth-order valence-electron chi connectivity index (χ4n) is 10.2. The molecule has 2 nitrogen and oxygen atoms in total. The molecule has 9 aromatic rings. The average molecular weight is 761 g/mol. The molecular weight excluding hydrogens is 711 g/mol. The van der Waals surface area contributed by atoms with Gasteiger partial charge in [-0.15, -0.1) is 0 Å². The summed E-state index contributed by atoms with van der Waals surface area (Å²) in [6.45, 7) is 18.4. The van der Waals surface area contributed by atoms with Crippen molar-refractivity contribution in [3.05, 3.63) is 174 Å². The predicted molar refractivity (Wildman–Crippen MR) is 256 cm³/mol. The molecule has 0 bridgehead atoms. The monoisotopic (exact) mass is 760 g/mol. The van der Waals surface area contributed by atoms with Crippen LogP contribution in [0.15, 0.2) is 152 Å². The molecule has 0 aromatic heterocycles. The lowest BCUT2D eigenvalue weighted by atomic mass is 9.33. The summed E-state index contributed by atoms with van der Waals surface area (Å²) in [6.07, 6.45) is 0. The van der Waals surface area contributed by atoms with E-state index in [0.29, 0.717) is 0 Å². The van der Waals surface area contributed by atoms with E-state index in [-0.39, 0.29) is 17.5 Å². The molecule has 0 N–H and O–H groups in total. The summed E-state index contributed by atoms with van der Waals surface area (Å²) in [5.74, 6) is 0. The zero-order valence-corrected chi connectivity index (χ0v) is 35.4. The zero-order valence-electron chi connectivity index (χ0n) is 35.4. The van der Waals surface area contributed by atoms with Gasteiger partial charge in [0.15, 0.2) is 0 Å². The molecule has 2 aliphatic heterocycles. The fourth-order valence-corrected chi connectivity index (χ4v) is 10.2. The topological polar surface area (TPSA) is 6.48 Å². The summed E-state index contributed by atoms with van der Waals surface area (Å²) in [6, 6.07) is 58.3. The van der Waals surface area contributed by atoms with Crippen molar-refractivity contribution in [1.82, 2.24) is 0 Å². The van der Waals surface area contributed by atoms with Gasteiger partial charge in [0.05, 0.1) is 5.69 Å². The number of rotatable bonds is 3. The molecule has 11 rings (SSSR count). The molecule has 0 saturated heterocycles. The summed E-state index contributed by atoms with van der Waals surface area (Å²) in [5.41, 5.74) is 19.1. The van der Waals surface area contributed by atoms with E-state index >= 15 is 0 Å². The average Bonchev–Trinajstić information content (AvgIpc) is 3.22. The van der Waals surface area contributed by atoms with Gasteiger partial charge in [-0.25, -0.2) is 0 Å². The molecule has 0 spiro atoms. The highest BCUT2D eigenvalue weighted by Crippen LogP contribution is 2.49. The van der Waals surface area contributed by atoms with Crippen LogP contribution in [-0.4, -0.2) is 6.71 Å². The van der Waals surface area contributed by atoms with E-state index in [2.05, 4.69) is 217 Å². The molecule has 2 aliphatic rings. The van der Waals surface area contributed by atoms with E-state index in [4.69, 9.17) is 0 Å². The van der Waals surface area contributed by atoms with Crippen LogP contribution in [0.5, 0.6) is 0 Å². The number of anilines is 6. The summed E-state index contributed by atoms with van der Waals surface area (Å²) in [4.78, 5) is 5.10. The molecule has 0 amide bonds. The molecule has 9 aromatic carbocycles. The van der Waals surface area contributed by atoms with Crippen molar-refractivity contribution < 1.29 is 0 Å². The number of benzene rings is 9. The van der Waals surface area contributed by atoms with Gasteiger partial charge < -0.3 is 9.80 Å². The third kappa shape index (κ3) is 5.40. The van der Waals surface area contributed by atoms with Crippen LogP contribution in [0.2, 0.25) is 0 Å². The van der Waals surface area contributed by atoms with E-state index < -0.39 is 0 Å². The Labute approximate surface area is 349 Å². The van der Waals surface area contributed by atoms with E-state index in [1.807, 2.05) is 0 Å². The highest BCUT2D eigenvalue weighted by Gasteiger charge is 2.43. The van der Waals surface area contributed by atoms with Crippen molar-refractivity contribution >= 4 is 89.5 Å². The third-order valence-electron chi connectivity index (χ3n) is 13.2. The van der Waals surface area contributed by atoms with Crippen LogP contribution in [0.25, 0.3) is 43.4 Å². The van der Waals surface area contributed by atoms with Crippen molar-refractivity contribution in [2.45, 2.75) is 66.2 Å². The van der Waals surface area contributed by atoms with Gasteiger partial charge in [-0.1, -0.05) is 156 Å². The molecule has 2 heterocycles. The molecule has 0 fully saturated rings. The Hall–Kier alpha value is -6.32. The first kappa shape index (κ1) is 35.8. The fraction of sp³-hybridized carbons (Fsp3) is 0.179. The van der Waals surface area contributed by atoms with Crippen molar-refractivity contribution in [2.24, 2.45) is 0 Å².